The lowest BCUT2D eigenvalue weighted by Gasteiger charge is -2.10. The highest BCUT2D eigenvalue weighted by Gasteiger charge is 2.15. The zero-order chi connectivity index (χ0) is 12.3. The summed E-state index contributed by atoms with van der Waals surface area (Å²) >= 11 is 0. The van der Waals surface area contributed by atoms with Gasteiger partial charge in [-0.3, -0.25) is 4.79 Å². The van der Waals surface area contributed by atoms with Crippen molar-refractivity contribution in [2.75, 3.05) is 0 Å². The van der Waals surface area contributed by atoms with Gasteiger partial charge >= 0.3 is 5.97 Å². The fraction of sp³-hybridized carbons (Fsp3) is 0.333. The third-order valence-electron chi connectivity index (χ3n) is 2.48. The SMILES string of the molecule is CCC(=O)c1c(C)cc(C(=O)O)cc1CN. The van der Waals surface area contributed by atoms with E-state index in [9.17, 15) is 9.59 Å². The smallest absolute Gasteiger partial charge is 0.335 e. The van der Waals surface area contributed by atoms with E-state index >= 15 is 0 Å². The fourth-order valence-electron chi connectivity index (χ4n) is 1.72. The highest BCUT2D eigenvalue weighted by Crippen LogP contribution is 2.19. The third kappa shape index (κ3) is 2.28. The van der Waals surface area contributed by atoms with Gasteiger partial charge in [-0.05, 0) is 30.2 Å². The van der Waals surface area contributed by atoms with Gasteiger partial charge < -0.3 is 10.8 Å². The van der Waals surface area contributed by atoms with Crippen LogP contribution in [0.5, 0.6) is 0 Å². The molecule has 4 nitrogen and oxygen atoms in total. The summed E-state index contributed by atoms with van der Waals surface area (Å²) in [5.41, 5.74) is 7.55. The predicted molar refractivity (Wildman–Crippen MR) is 60.7 cm³/mol. The Morgan fingerprint density at radius 3 is 2.44 bits per heavy atom. The molecule has 4 heteroatoms. The Hall–Kier alpha value is -1.68. The zero-order valence-electron chi connectivity index (χ0n) is 9.41. The average Bonchev–Trinajstić information content (AvgIpc) is 2.26. The number of hydrogen-bond acceptors (Lipinski definition) is 3. The van der Waals surface area contributed by atoms with Gasteiger partial charge in [-0.15, -0.1) is 0 Å². The molecular weight excluding hydrogens is 206 g/mol. The second kappa shape index (κ2) is 4.90. The molecule has 0 fully saturated rings. The summed E-state index contributed by atoms with van der Waals surface area (Å²) in [6.07, 6.45) is 0.389. The summed E-state index contributed by atoms with van der Waals surface area (Å²) in [7, 11) is 0. The Morgan fingerprint density at radius 2 is 2.00 bits per heavy atom. The summed E-state index contributed by atoms with van der Waals surface area (Å²) in [4.78, 5) is 22.5. The van der Waals surface area contributed by atoms with Crippen molar-refractivity contribution in [3.05, 3.63) is 34.4 Å². The van der Waals surface area contributed by atoms with Crippen LogP contribution in [0, 0.1) is 6.92 Å². The van der Waals surface area contributed by atoms with Crippen LogP contribution in [0.4, 0.5) is 0 Å². The molecule has 86 valence electrons. The molecular formula is C12H15NO3. The first-order chi connectivity index (χ1) is 7.51. The number of Topliss-reactive ketones (excluding diaryl/α,β-unsaturated/α-hetero) is 1. The van der Waals surface area contributed by atoms with Gasteiger partial charge in [-0.1, -0.05) is 6.92 Å². The van der Waals surface area contributed by atoms with E-state index in [1.807, 2.05) is 0 Å². The van der Waals surface area contributed by atoms with Crippen LogP contribution in [0.3, 0.4) is 0 Å². The molecule has 1 rings (SSSR count). The molecule has 0 aromatic heterocycles. The molecule has 0 heterocycles. The normalized spacial score (nSPS) is 10.2. The maximum absolute atomic E-state index is 11.7. The first kappa shape index (κ1) is 12.4. The molecule has 0 aliphatic heterocycles. The Kier molecular flexibility index (Phi) is 3.79. The number of benzene rings is 1. The van der Waals surface area contributed by atoms with Crippen LogP contribution in [0.1, 0.15) is 45.2 Å². The standard InChI is InChI=1S/C12H15NO3/c1-3-10(14)11-7(2)4-8(12(15)16)5-9(11)6-13/h4-5H,3,6,13H2,1-2H3,(H,15,16). The quantitative estimate of drug-likeness (QED) is 0.759. The summed E-state index contributed by atoms with van der Waals surface area (Å²) < 4.78 is 0. The molecule has 0 unspecified atom stereocenters. The molecule has 0 spiro atoms. The number of carboxylic acids is 1. The highest BCUT2D eigenvalue weighted by atomic mass is 16.4. The van der Waals surface area contributed by atoms with Gasteiger partial charge in [-0.25, -0.2) is 4.79 Å². The van der Waals surface area contributed by atoms with E-state index in [1.54, 1.807) is 13.8 Å². The maximum atomic E-state index is 11.7. The Morgan fingerprint density at radius 1 is 1.38 bits per heavy atom. The van der Waals surface area contributed by atoms with Crippen LogP contribution < -0.4 is 5.73 Å². The van der Waals surface area contributed by atoms with Gasteiger partial charge in [0.25, 0.3) is 0 Å². The van der Waals surface area contributed by atoms with Crippen LogP contribution in [0.2, 0.25) is 0 Å². The summed E-state index contributed by atoms with van der Waals surface area (Å²) in [5, 5.41) is 8.89. The fourth-order valence-corrected chi connectivity index (χ4v) is 1.72. The van der Waals surface area contributed by atoms with E-state index in [-0.39, 0.29) is 17.9 Å². The molecule has 0 bridgehead atoms. The summed E-state index contributed by atoms with van der Waals surface area (Å²) in [5.74, 6) is -1.01. The predicted octanol–water partition coefficient (Wildman–Crippen LogP) is 1.74. The van der Waals surface area contributed by atoms with Crippen molar-refractivity contribution < 1.29 is 14.7 Å². The number of aromatic carboxylic acids is 1. The molecule has 1 aromatic rings. The van der Waals surface area contributed by atoms with Gasteiger partial charge in [0.2, 0.25) is 0 Å². The van der Waals surface area contributed by atoms with Crippen molar-refractivity contribution in [1.29, 1.82) is 0 Å². The lowest BCUT2D eigenvalue weighted by atomic mass is 9.94. The van der Waals surface area contributed by atoms with Crippen LogP contribution >= 0.6 is 0 Å². The topological polar surface area (TPSA) is 80.4 Å². The minimum absolute atomic E-state index is 0.00473. The van der Waals surface area contributed by atoms with Gasteiger partial charge in [0.1, 0.15) is 0 Å². The average molecular weight is 221 g/mol. The minimum atomic E-state index is -1.01. The van der Waals surface area contributed by atoms with E-state index < -0.39 is 5.97 Å². The van der Waals surface area contributed by atoms with Crippen molar-refractivity contribution in [2.45, 2.75) is 26.8 Å². The number of carbonyl (C=O) groups is 2. The van der Waals surface area contributed by atoms with Crippen molar-refractivity contribution in [3.8, 4) is 0 Å². The first-order valence-electron chi connectivity index (χ1n) is 5.11. The van der Waals surface area contributed by atoms with Crippen LogP contribution in [-0.4, -0.2) is 16.9 Å². The summed E-state index contributed by atoms with van der Waals surface area (Å²) in [6, 6.07) is 2.97. The molecule has 0 atom stereocenters. The monoisotopic (exact) mass is 221 g/mol. The number of hydrogen-bond donors (Lipinski definition) is 2. The van der Waals surface area contributed by atoms with Gasteiger partial charge in [-0.2, -0.15) is 0 Å². The minimum Gasteiger partial charge on any atom is -0.478 e. The molecule has 0 aliphatic carbocycles. The van der Waals surface area contributed by atoms with E-state index in [4.69, 9.17) is 10.8 Å². The van der Waals surface area contributed by atoms with Crippen LogP contribution in [0.15, 0.2) is 12.1 Å². The lowest BCUT2D eigenvalue weighted by molar-refractivity contribution is 0.0696. The second-order valence-electron chi connectivity index (χ2n) is 3.61. The molecule has 0 aliphatic rings. The second-order valence-corrected chi connectivity index (χ2v) is 3.61. The molecule has 1 aromatic carbocycles. The Labute approximate surface area is 94.1 Å². The van der Waals surface area contributed by atoms with Gasteiger partial charge in [0, 0.05) is 18.5 Å². The molecule has 0 saturated carbocycles. The Balaban J connectivity index is 3.40. The van der Waals surface area contributed by atoms with E-state index in [1.165, 1.54) is 12.1 Å². The molecule has 0 amide bonds. The number of nitrogens with two attached hydrogens (primary N) is 1. The molecule has 16 heavy (non-hydrogen) atoms. The van der Waals surface area contributed by atoms with Gasteiger partial charge in [0.15, 0.2) is 5.78 Å². The van der Waals surface area contributed by atoms with E-state index in [2.05, 4.69) is 0 Å². The first-order valence-corrected chi connectivity index (χ1v) is 5.11. The zero-order valence-corrected chi connectivity index (χ0v) is 9.41. The third-order valence-corrected chi connectivity index (χ3v) is 2.48. The number of carboxylic acid groups (broad SMARTS) is 1. The molecule has 0 radical (unpaired) electrons. The van der Waals surface area contributed by atoms with Crippen LogP contribution in [-0.2, 0) is 6.54 Å². The van der Waals surface area contributed by atoms with E-state index in [0.29, 0.717) is 23.1 Å². The lowest BCUT2D eigenvalue weighted by Crippen LogP contribution is -2.11. The number of aryl methyl sites for hydroxylation is 1. The van der Waals surface area contributed by atoms with E-state index in [0.717, 1.165) is 0 Å². The molecule has 3 N–H and O–H groups in total. The summed E-state index contributed by atoms with van der Waals surface area (Å²) in [6.45, 7) is 3.67. The largest absolute Gasteiger partial charge is 0.478 e. The van der Waals surface area contributed by atoms with Crippen molar-refractivity contribution in [2.24, 2.45) is 5.73 Å². The van der Waals surface area contributed by atoms with Crippen LogP contribution in [0.25, 0.3) is 0 Å². The van der Waals surface area contributed by atoms with Crippen molar-refractivity contribution in [1.82, 2.24) is 0 Å². The number of ketones is 1. The molecule has 0 saturated heterocycles. The Bertz CT molecular complexity index is 438. The number of rotatable bonds is 4. The van der Waals surface area contributed by atoms with Gasteiger partial charge in [0.05, 0.1) is 5.56 Å². The van der Waals surface area contributed by atoms with Crippen molar-refractivity contribution >= 4 is 11.8 Å². The number of carbonyl (C=O) groups excluding carboxylic acids is 1. The van der Waals surface area contributed by atoms with Crippen molar-refractivity contribution in [3.63, 3.8) is 0 Å². The highest BCUT2D eigenvalue weighted by molar-refractivity contribution is 6.00. The maximum Gasteiger partial charge on any atom is 0.335 e.